The van der Waals surface area contributed by atoms with E-state index in [9.17, 15) is 0 Å². The fraction of sp³-hybridized carbons (Fsp3) is 1.00. The van der Waals surface area contributed by atoms with Crippen LogP contribution in [0.5, 0.6) is 0 Å². The molecule has 0 aromatic carbocycles. The maximum absolute atomic E-state index is 5.57. The largest absolute Gasteiger partial charge is 0.382 e. The van der Waals surface area contributed by atoms with Crippen molar-refractivity contribution in [2.75, 3.05) is 20.8 Å². The molecule has 2 heteroatoms. The lowest BCUT2D eigenvalue weighted by molar-refractivity contribution is -0.106. The first-order valence-electron chi connectivity index (χ1n) is 5.73. The Morgan fingerprint density at radius 1 is 0.933 bits per heavy atom. The second-order valence-corrected chi connectivity index (χ2v) is 5.78. The van der Waals surface area contributed by atoms with Crippen molar-refractivity contribution >= 4 is 0 Å². The lowest BCUT2D eigenvalue weighted by Gasteiger charge is -2.48. The van der Waals surface area contributed by atoms with Crippen molar-refractivity contribution in [2.24, 2.45) is 16.7 Å². The molecule has 15 heavy (non-hydrogen) atoms. The maximum Gasteiger partial charge on any atom is 0.0860 e. The van der Waals surface area contributed by atoms with E-state index < -0.39 is 0 Å². The van der Waals surface area contributed by atoms with Crippen LogP contribution < -0.4 is 0 Å². The van der Waals surface area contributed by atoms with Crippen molar-refractivity contribution in [1.29, 1.82) is 0 Å². The molecule has 1 atom stereocenters. The Balaban J connectivity index is 4.90. The highest BCUT2D eigenvalue weighted by atomic mass is 16.5. The van der Waals surface area contributed by atoms with Gasteiger partial charge in [-0.25, -0.2) is 0 Å². The summed E-state index contributed by atoms with van der Waals surface area (Å²) in [6.07, 6.45) is 0.139. The highest BCUT2D eigenvalue weighted by Gasteiger charge is 2.45. The zero-order valence-electron chi connectivity index (χ0n) is 11.7. The van der Waals surface area contributed by atoms with Crippen molar-refractivity contribution in [1.82, 2.24) is 0 Å². The fourth-order valence-corrected chi connectivity index (χ4v) is 1.88. The molecule has 0 bridgehead atoms. The van der Waals surface area contributed by atoms with E-state index in [0.717, 1.165) is 0 Å². The third-order valence-electron chi connectivity index (χ3n) is 4.51. The summed E-state index contributed by atoms with van der Waals surface area (Å²) in [5, 5.41) is 0. The summed E-state index contributed by atoms with van der Waals surface area (Å²) in [5.41, 5.74) is 0.304. The average Bonchev–Trinajstić information content (AvgIpc) is 2.13. The average molecular weight is 216 g/mol. The number of hydrogen-bond donors (Lipinski definition) is 0. The van der Waals surface area contributed by atoms with Crippen LogP contribution in [0.3, 0.4) is 0 Å². The Labute approximate surface area is 95.3 Å². The Bertz CT molecular complexity index is 183. The molecule has 0 N–H and O–H groups in total. The van der Waals surface area contributed by atoms with Gasteiger partial charge in [0.25, 0.3) is 0 Å². The van der Waals surface area contributed by atoms with Crippen LogP contribution in [0, 0.1) is 16.7 Å². The summed E-state index contributed by atoms with van der Waals surface area (Å²) in [6, 6.07) is 0. The van der Waals surface area contributed by atoms with Gasteiger partial charge in [-0.1, -0.05) is 41.5 Å². The predicted octanol–water partition coefficient (Wildman–Crippen LogP) is 3.36. The minimum absolute atomic E-state index is 0.0892. The molecule has 0 spiro atoms. The molecule has 0 aliphatic carbocycles. The minimum Gasteiger partial charge on any atom is -0.382 e. The van der Waals surface area contributed by atoms with Gasteiger partial charge in [-0.05, 0) is 16.7 Å². The fourth-order valence-electron chi connectivity index (χ4n) is 1.88. The Hall–Kier alpha value is -0.0800. The monoisotopic (exact) mass is 216 g/mol. The van der Waals surface area contributed by atoms with Gasteiger partial charge < -0.3 is 9.47 Å². The van der Waals surface area contributed by atoms with Gasteiger partial charge in [0.05, 0.1) is 12.7 Å². The topological polar surface area (TPSA) is 18.5 Å². The van der Waals surface area contributed by atoms with E-state index in [1.165, 1.54) is 0 Å². The first kappa shape index (κ1) is 14.9. The molecule has 0 aromatic heterocycles. The molecule has 0 amide bonds. The number of hydrogen-bond acceptors (Lipinski definition) is 2. The summed E-state index contributed by atoms with van der Waals surface area (Å²) >= 11 is 0. The maximum atomic E-state index is 5.57. The molecule has 92 valence electrons. The van der Waals surface area contributed by atoms with E-state index in [2.05, 4.69) is 41.5 Å². The van der Waals surface area contributed by atoms with Crippen molar-refractivity contribution in [2.45, 2.75) is 47.6 Å². The summed E-state index contributed by atoms with van der Waals surface area (Å²) in [5.74, 6) is 0.613. The SMILES string of the molecule is COCC(OC)C(C)(C)C(C)(C)C(C)C. The van der Waals surface area contributed by atoms with Crippen molar-refractivity contribution < 1.29 is 9.47 Å². The number of rotatable bonds is 6. The first-order chi connectivity index (χ1) is 6.71. The summed E-state index contributed by atoms with van der Waals surface area (Å²) < 4.78 is 10.8. The van der Waals surface area contributed by atoms with Crippen LogP contribution in [0.15, 0.2) is 0 Å². The zero-order valence-corrected chi connectivity index (χ0v) is 11.7. The minimum atomic E-state index is 0.0892. The lowest BCUT2D eigenvalue weighted by Crippen LogP contribution is -2.48. The standard InChI is InChI=1S/C13H28O2/c1-10(2)12(3,4)13(5,6)11(15-8)9-14-7/h10-11H,9H2,1-8H3. The highest BCUT2D eigenvalue weighted by molar-refractivity contribution is 4.93. The first-order valence-corrected chi connectivity index (χ1v) is 5.73. The van der Waals surface area contributed by atoms with E-state index in [1.807, 2.05) is 0 Å². The van der Waals surface area contributed by atoms with Crippen molar-refractivity contribution in [3.8, 4) is 0 Å². The van der Waals surface area contributed by atoms with Gasteiger partial charge >= 0.3 is 0 Å². The molecule has 0 fully saturated rings. The van der Waals surface area contributed by atoms with Gasteiger partial charge in [0.2, 0.25) is 0 Å². The normalized spacial score (nSPS) is 15.8. The zero-order chi connectivity index (χ0) is 12.3. The molecular formula is C13H28O2. The van der Waals surface area contributed by atoms with Gasteiger partial charge in [0.15, 0.2) is 0 Å². The second kappa shape index (κ2) is 5.31. The van der Waals surface area contributed by atoms with Gasteiger partial charge in [-0.15, -0.1) is 0 Å². The Morgan fingerprint density at radius 3 is 1.67 bits per heavy atom. The van der Waals surface area contributed by atoms with Gasteiger partial charge in [0, 0.05) is 14.2 Å². The molecular weight excluding hydrogens is 188 g/mol. The molecule has 1 unspecified atom stereocenters. The number of methoxy groups -OCH3 is 2. The molecule has 0 aromatic rings. The van der Waals surface area contributed by atoms with Crippen LogP contribution in [0.1, 0.15) is 41.5 Å². The summed E-state index contributed by atoms with van der Waals surface area (Å²) in [7, 11) is 3.49. The van der Waals surface area contributed by atoms with Crippen molar-refractivity contribution in [3.63, 3.8) is 0 Å². The van der Waals surface area contributed by atoms with Gasteiger partial charge in [-0.3, -0.25) is 0 Å². The van der Waals surface area contributed by atoms with Crippen LogP contribution >= 0.6 is 0 Å². The lowest BCUT2D eigenvalue weighted by atomic mass is 9.59. The van der Waals surface area contributed by atoms with E-state index in [-0.39, 0.29) is 16.9 Å². The van der Waals surface area contributed by atoms with Crippen LogP contribution in [-0.2, 0) is 9.47 Å². The van der Waals surface area contributed by atoms with Gasteiger partial charge in [-0.2, -0.15) is 0 Å². The van der Waals surface area contributed by atoms with Crippen LogP contribution in [0.4, 0.5) is 0 Å². The van der Waals surface area contributed by atoms with Crippen LogP contribution in [-0.4, -0.2) is 26.9 Å². The quantitative estimate of drug-likeness (QED) is 0.678. The highest BCUT2D eigenvalue weighted by Crippen LogP contribution is 2.47. The smallest absolute Gasteiger partial charge is 0.0860 e. The van der Waals surface area contributed by atoms with Crippen LogP contribution in [0.25, 0.3) is 0 Å². The molecule has 0 radical (unpaired) electrons. The molecule has 0 aliphatic rings. The summed E-state index contributed by atoms with van der Waals surface area (Å²) in [6.45, 7) is 14.3. The number of ether oxygens (including phenoxy) is 2. The molecule has 0 rings (SSSR count). The molecule has 2 nitrogen and oxygen atoms in total. The predicted molar refractivity (Wildman–Crippen MR) is 65.1 cm³/mol. The van der Waals surface area contributed by atoms with E-state index in [0.29, 0.717) is 12.5 Å². The summed E-state index contributed by atoms with van der Waals surface area (Å²) in [4.78, 5) is 0. The Kier molecular flexibility index (Phi) is 5.28. The molecule has 0 saturated heterocycles. The van der Waals surface area contributed by atoms with Crippen LogP contribution in [0.2, 0.25) is 0 Å². The van der Waals surface area contributed by atoms with E-state index in [4.69, 9.17) is 9.47 Å². The van der Waals surface area contributed by atoms with E-state index >= 15 is 0 Å². The molecule has 0 heterocycles. The third-order valence-corrected chi connectivity index (χ3v) is 4.51. The Morgan fingerprint density at radius 2 is 1.40 bits per heavy atom. The van der Waals surface area contributed by atoms with Gasteiger partial charge in [0.1, 0.15) is 0 Å². The molecule has 0 aliphatic heterocycles. The van der Waals surface area contributed by atoms with Crippen molar-refractivity contribution in [3.05, 3.63) is 0 Å². The molecule has 0 saturated carbocycles. The van der Waals surface area contributed by atoms with E-state index in [1.54, 1.807) is 14.2 Å². The second-order valence-electron chi connectivity index (χ2n) is 5.78. The third kappa shape index (κ3) is 2.94.